The van der Waals surface area contributed by atoms with Crippen molar-refractivity contribution >= 4 is 39.5 Å². The van der Waals surface area contributed by atoms with Crippen LogP contribution in [0.4, 0.5) is 0 Å². The summed E-state index contributed by atoms with van der Waals surface area (Å²) >= 11 is 0. The fourth-order valence-corrected chi connectivity index (χ4v) is 11.4. The van der Waals surface area contributed by atoms with Crippen LogP contribution in [0.15, 0.2) is 170 Å². The first kappa shape index (κ1) is 98.4. The van der Waals surface area contributed by atoms with Gasteiger partial charge in [-0.1, -0.05) is 281 Å². The molecule has 5 unspecified atom stereocenters. The molecular weight excluding hydrogens is 1350 g/mol. The number of carbonyl (C=O) groups is 4. The average molecular weight is 1490 g/mol. The van der Waals surface area contributed by atoms with Crippen molar-refractivity contribution in [3.05, 3.63) is 170 Å². The molecule has 0 radical (unpaired) electrons. The predicted molar refractivity (Wildman–Crippen MR) is 426 cm³/mol. The number of hydrogen-bond donors (Lipinski definition) is 3. The van der Waals surface area contributed by atoms with Gasteiger partial charge in [-0.05, 0) is 148 Å². The molecular formula is C85H138O17P2. The molecule has 0 aromatic rings. The summed E-state index contributed by atoms with van der Waals surface area (Å²) in [4.78, 5) is 72.9. The third kappa shape index (κ3) is 74.7. The summed E-state index contributed by atoms with van der Waals surface area (Å²) in [5, 5.41) is 10.6. The third-order valence-electron chi connectivity index (χ3n) is 15.7. The van der Waals surface area contributed by atoms with Gasteiger partial charge in [0.25, 0.3) is 0 Å². The number of phosphoric acid groups is 2. The first-order valence-electron chi connectivity index (χ1n) is 39.4. The summed E-state index contributed by atoms with van der Waals surface area (Å²) in [6.45, 7) is 4.38. The van der Waals surface area contributed by atoms with E-state index >= 15 is 0 Å². The maximum atomic E-state index is 13.1. The lowest BCUT2D eigenvalue weighted by molar-refractivity contribution is -0.161. The van der Waals surface area contributed by atoms with E-state index in [1.54, 1.807) is 0 Å². The number of esters is 4. The van der Waals surface area contributed by atoms with E-state index in [0.29, 0.717) is 32.1 Å². The average Bonchev–Trinajstić information content (AvgIpc) is 0.931. The van der Waals surface area contributed by atoms with Crippen LogP contribution in [0, 0.1) is 0 Å². The van der Waals surface area contributed by atoms with Gasteiger partial charge in [-0.25, -0.2) is 9.13 Å². The minimum atomic E-state index is -5.01. The first-order valence-corrected chi connectivity index (χ1v) is 42.4. The van der Waals surface area contributed by atoms with Gasteiger partial charge in [0.1, 0.15) is 19.3 Å². The van der Waals surface area contributed by atoms with Gasteiger partial charge in [-0.15, -0.1) is 0 Å². The fraction of sp³-hybridized carbons (Fsp3) is 0.624. The summed E-state index contributed by atoms with van der Waals surface area (Å²) in [6.07, 6.45) is 89.2. The molecule has 0 aliphatic heterocycles. The minimum absolute atomic E-state index is 0.00256. The number of hydrogen-bond acceptors (Lipinski definition) is 15. The van der Waals surface area contributed by atoms with Crippen molar-refractivity contribution in [3.63, 3.8) is 0 Å². The van der Waals surface area contributed by atoms with Gasteiger partial charge in [0.2, 0.25) is 0 Å². The maximum absolute atomic E-state index is 13.1. The number of allylic oxidation sites excluding steroid dienone is 28. The van der Waals surface area contributed by atoms with Crippen LogP contribution in [-0.4, -0.2) is 96.7 Å². The van der Waals surface area contributed by atoms with E-state index in [4.69, 9.17) is 37.0 Å². The lowest BCUT2D eigenvalue weighted by atomic mass is 10.1. The van der Waals surface area contributed by atoms with Crippen LogP contribution in [0.2, 0.25) is 0 Å². The van der Waals surface area contributed by atoms with E-state index in [1.807, 2.05) is 12.2 Å². The van der Waals surface area contributed by atoms with Gasteiger partial charge in [0, 0.05) is 25.7 Å². The molecule has 19 heteroatoms. The van der Waals surface area contributed by atoms with E-state index in [9.17, 15) is 43.2 Å². The van der Waals surface area contributed by atoms with Gasteiger partial charge < -0.3 is 33.8 Å². The number of carbonyl (C=O) groups excluding carboxylic acids is 4. The van der Waals surface area contributed by atoms with Crippen molar-refractivity contribution in [2.75, 3.05) is 39.6 Å². The number of ether oxygens (including phenoxy) is 4. The molecule has 0 spiro atoms. The Morgan fingerprint density at radius 1 is 0.279 bits per heavy atom. The van der Waals surface area contributed by atoms with Crippen LogP contribution < -0.4 is 0 Å². The molecule has 0 aliphatic carbocycles. The molecule has 0 aromatic heterocycles. The van der Waals surface area contributed by atoms with Crippen molar-refractivity contribution in [3.8, 4) is 0 Å². The zero-order chi connectivity index (χ0) is 76.0. The van der Waals surface area contributed by atoms with E-state index < -0.39 is 97.5 Å². The lowest BCUT2D eigenvalue weighted by Gasteiger charge is -2.21. The Labute approximate surface area is 629 Å². The fourth-order valence-electron chi connectivity index (χ4n) is 9.80. The highest BCUT2D eigenvalue weighted by molar-refractivity contribution is 7.47. The molecule has 0 aliphatic rings. The summed E-state index contributed by atoms with van der Waals surface area (Å²) in [7, 11) is -10.00. The van der Waals surface area contributed by atoms with Crippen LogP contribution in [-0.2, 0) is 65.4 Å². The second-order valence-corrected chi connectivity index (χ2v) is 28.4. The number of phosphoric ester groups is 2. The van der Waals surface area contributed by atoms with E-state index in [2.05, 4.69) is 186 Å². The highest BCUT2D eigenvalue weighted by Crippen LogP contribution is 2.45. The molecule has 3 N–H and O–H groups in total. The molecule has 0 saturated carbocycles. The third-order valence-corrected chi connectivity index (χ3v) is 17.6. The molecule has 590 valence electrons. The Kier molecular flexibility index (Phi) is 71.6. The highest BCUT2D eigenvalue weighted by Gasteiger charge is 2.30. The number of aliphatic hydroxyl groups excluding tert-OH is 1. The topological polar surface area (TPSA) is 237 Å². The standard InChI is InChI=1S/C85H138O17P2/c1-5-9-13-17-21-25-29-32-35-38-39-42-44-47-51-54-58-62-66-70-83(88)96-76-81(102-85(90)72-68-64-60-56-52-48-45-41-37-34-31-27-23-19-15-11-7-3)78-100-104(93,94)98-74-79(86)73-97-103(91,92)99-77-80(101-84(89)71-67-63-59-55-49-28-24-20-16-12-8-4)75-95-82(87)69-65-61-57-53-50-46-43-40-36-33-30-26-22-18-14-10-6-2/h9-11,13-15,21-23,25-27,32-37,39,42-43,45-48,51,56,60,79-81,86H,5-8,12,16-20,24,28-31,38,40-41,44,49-50,52-55,57-59,61-78H2,1-4H3,(H,91,92)(H,93,94)/b13-9-,14-10-,15-11-,25-21-,26-22-,27-23-,35-32-,36-33-,37-34-,42-39-,46-43-,48-45-,51-47-,60-56-. The summed E-state index contributed by atoms with van der Waals surface area (Å²) in [5.41, 5.74) is 0. The van der Waals surface area contributed by atoms with E-state index in [0.717, 1.165) is 161 Å². The van der Waals surface area contributed by atoms with Gasteiger partial charge in [-0.3, -0.25) is 37.3 Å². The largest absolute Gasteiger partial charge is 0.472 e. The molecule has 0 fully saturated rings. The normalized spacial score (nSPS) is 14.8. The summed E-state index contributed by atoms with van der Waals surface area (Å²) < 4.78 is 68.4. The smallest absolute Gasteiger partial charge is 0.462 e. The summed E-state index contributed by atoms with van der Waals surface area (Å²) in [5.74, 6) is -2.32. The Bertz CT molecular complexity index is 2640. The Morgan fingerprint density at radius 3 is 0.817 bits per heavy atom. The quantitative estimate of drug-likeness (QED) is 0.0169. The molecule has 0 rings (SSSR count). The second-order valence-electron chi connectivity index (χ2n) is 25.5. The molecule has 0 heterocycles. The van der Waals surface area contributed by atoms with Crippen LogP contribution in [0.3, 0.4) is 0 Å². The molecule has 5 atom stereocenters. The number of rotatable bonds is 72. The predicted octanol–water partition coefficient (Wildman–Crippen LogP) is 23.0. The first-order chi connectivity index (χ1) is 50.7. The van der Waals surface area contributed by atoms with Gasteiger partial charge in [-0.2, -0.15) is 0 Å². The van der Waals surface area contributed by atoms with Crippen molar-refractivity contribution < 1.29 is 80.2 Å². The van der Waals surface area contributed by atoms with E-state index in [1.165, 1.54) is 38.5 Å². The molecule has 0 bridgehead atoms. The molecule has 17 nitrogen and oxygen atoms in total. The number of unbranched alkanes of at least 4 members (excludes halogenated alkanes) is 18. The zero-order valence-electron chi connectivity index (χ0n) is 64.4. The lowest BCUT2D eigenvalue weighted by Crippen LogP contribution is -2.30. The van der Waals surface area contributed by atoms with Crippen LogP contribution in [0.5, 0.6) is 0 Å². The van der Waals surface area contributed by atoms with Crippen LogP contribution >= 0.6 is 15.6 Å². The highest BCUT2D eigenvalue weighted by atomic mass is 31.2. The van der Waals surface area contributed by atoms with Crippen molar-refractivity contribution in [1.82, 2.24) is 0 Å². The molecule has 104 heavy (non-hydrogen) atoms. The Hall–Kier alpha value is -5.58. The van der Waals surface area contributed by atoms with Crippen LogP contribution in [0.25, 0.3) is 0 Å². The molecule has 0 amide bonds. The molecule has 0 aromatic carbocycles. The molecule has 0 saturated heterocycles. The van der Waals surface area contributed by atoms with Crippen molar-refractivity contribution in [1.29, 1.82) is 0 Å². The maximum Gasteiger partial charge on any atom is 0.472 e. The zero-order valence-corrected chi connectivity index (χ0v) is 66.2. The SMILES string of the molecule is CC/C=C\C/C=C\C/C=C\C/C=C\C/C=C\CCCCCC(=O)OCC(COP(=O)(O)OCC(O)COP(=O)(O)OCC(COC(=O)CCCCCC/C=C\C/C=C\C/C=C\C/C=C\CC)OC(=O)CCCCCCCCCCCCC)OC(=O)CCC/C=C\C/C=C\C/C=C\C/C=C\C/C=C\CC. The Balaban J connectivity index is 5.45. The van der Waals surface area contributed by atoms with Crippen LogP contribution in [0.1, 0.15) is 285 Å². The van der Waals surface area contributed by atoms with Gasteiger partial charge >= 0.3 is 39.5 Å². The minimum Gasteiger partial charge on any atom is -0.462 e. The Morgan fingerprint density at radius 2 is 0.510 bits per heavy atom. The number of aliphatic hydroxyl groups is 1. The monoisotopic (exact) mass is 1490 g/mol. The van der Waals surface area contributed by atoms with Gasteiger partial charge in [0.15, 0.2) is 12.2 Å². The van der Waals surface area contributed by atoms with Gasteiger partial charge in [0.05, 0.1) is 26.4 Å². The summed E-state index contributed by atoms with van der Waals surface area (Å²) in [6, 6.07) is 0. The second kappa shape index (κ2) is 75.6. The van der Waals surface area contributed by atoms with Crippen molar-refractivity contribution in [2.24, 2.45) is 0 Å². The van der Waals surface area contributed by atoms with E-state index in [-0.39, 0.29) is 25.7 Å². The van der Waals surface area contributed by atoms with Crippen molar-refractivity contribution in [2.45, 2.75) is 303 Å².